The molecule has 2 N–H and O–H groups in total. The zero-order valence-corrected chi connectivity index (χ0v) is 10.5. The van der Waals surface area contributed by atoms with Crippen LogP contribution in [0.5, 0.6) is 0 Å². The second-order valence-electron chi connectivity index (χ2n) is 5.36. The summed E-state index contributed by atoms with van der Waals surface area (Å²) in [7, 11) is 0. The highest BCUT2D eigenvalue weighted by atomic mass is 16.1. The number of rotatable bonds is 2. The molecule has 0 amide bonds. The predicted octanol–water partition coefficient (Wildman–Crippen LogP) is 3.07. The Morgan fingerprint density at radius 2 is 1.78 bits per heavy atom. The van der Waals surface area contributed by atoms with E-state index in [-0.39, 0.29) is 17.7 Å². The standard InChI is InChI=1S/C16H17NO/c1-10-2-3-12-7-13(5-4-11(12)6-10)16(18)14-8-15(17)9-14/h2-7,14-15H,8-9,17H2,1H3. The van der Waals surface area contributed by atoms with E-state index in [1.54, 1.807) is 0 Å². The Hall–Kier alpha value is -1.67. The number of aryl methyl sites for hydroxylation is 1. The van der Waals surface area contributed by atoms with Crippen molar-refractivity contribution in [2.75, 3.05) is 0 Å². The average Bonchev–Trinajstić information content (AvgIpc) is 2.33. The van der Waals surface area contributed by atoms with E-state index in [4.69, 9.17) is 5.73 Å². The van der Waals surface area contributed by atoms with Gasteiger partial charge in [-0.3, -0.25) is 4.79 Å². The number of nitrogens with two attached hydrogens (primary N) is 1. The highest BCUT2D eigenvalue weighted by Gasteiger charge is 2.32. The number of ketones is 1. The monoisotopic (exact) mass is 239 g/mol. The topological polar surface area (TPSA) is 43.1 Å². The fourth-order valence-corrected chi connectivity index (χ4v) is 2.63. The lowest BCUT2D eigenvalue weighted by atomic mass is 9.76. The molecule has 0 atom stereocenters. The molecule has 2 heteroatoms. The summed E-state index contributed by atoms with van der Waals surface area (Å²) >= 11 is 0. The number of fused-ring (bicyclic) bond motifs is 1. The number of benzene rings is 2. The van der Waals surface area contributed by atoms with Crippen LogP contribution >= 0.6 is 0 Å². The summed E-state index contributed by atoms with van der Waals surface area (Å²) in [6.07, 6.45) is 1.68. The van der Waals surface area contributed by atoms with Crippen LogP contribution in [0.15, 0.2) is 36.4 Å². The lowest BCUT2D eigenvalue weighted by Crippen LogP contribution is -2.40. The van der Waals surface area contributed by atoms with Crippen molar-refractivity contribution in [2.45, 2.75) is 25.8 Å². The summed E-state index contributed by atoms with van der Waals surface area (Å²) in [5.74, 6) is 0.391. The summed E-state index contributed by atoms with van der Waals surface area (Å²) < 4.78 is 0. The molecule has 0 radical (unpaired) electrons. The van der Waals surface area contributed by atoms with Gasteiger partial charge in [0, 0.05) is 17.5 Å². The normalized spacial score (nSPS) is 22.8. The SMILES string of the molecule is Cc1ccc2cc(C(=O)C3CC(N)C3)ccc2c1. The summed E-state index contributed by atoms with van der Waals surface area (Å²) in [6, 6.07) is 12.5. The summed E-state index contributed by atoms with van der Waals surface area (Å²) in [5.41, 5.74) is 7.80. The molecule has 0 spiro atoms. The van der Waals surface area contributed by atoms with E-state index in [9.17, 15) is 4.79 Å². The van der Waals surface area contributed by atoms with E-state index in [1.807, 2.05) is 18.2 Å². The molecular formula is C16H17NO. The predicted molar refractivity (Wildman–Crippen MR) is 73.7 cm³/mol. The van der Waals surface area contributed by atoms with Crippen molar-refractivity contribution in [1.82, 2.24) is 0 Å². The van der Waals surface area contributed by atoms with Gasteiger partial charge in [-0.15, -0.1) is 0 Å². The summed E-state index contributed by atoms with van der Waals surface area (Å²) in [6.45, 7) is 2.08. The Morgan fingerprint density at radius 3 is 2.50 bits per heavy atom. The average molecular weight is 239 g/mol. The fraction of sp³-hybridized carbons (Fsp3) is 0.312. The van der Waals surface area contributed by atoms with Crippen molar-refractivity contribution in [3.05, 3.63) is 47.5 Å². The smallest absolute Gasteiger partial charge is 0.166 e. The molecule has 1 aliphatic rings. The summed E-state index contributed by atoms with van der Waals surface area (Å²) in [5, 5.41) is 2.33. The molecule has 0 saturated heterocycles. The van der Waals surface area contributed by atoms with E-state index in [2.05, 4.69) is 25.1 Å². The maximum Gasteiger partial charge on any atom is 0.166 e. The van der Waals surface area contributed by atoms with Crippen LogP contribution in [-0.2, 0) is 0 Å². The minimum atomic E-state index is 0.142. The first-order valence-electron chi connectivity index (χ1n) is 6.44. The molecule has 18 heavy (non-hydrogen) atoms. The molecule has 0 bridgehead atoms. The van der Waals surface area contributed by atoms with Gasteiger partial charge >= 0.3 is 0 Å². The molecular weight excluding hydrogens is 222 g/mol. The molecule has 1 fully saturated rings. The van der Waals surface area contributed by atoms with Crippen LogP contribution in [0.3, 0.4) is 0 Å². The molecule has 2 nitrogen and oxygen atoms in total. The number of carbonyl (C=O) groups excluding carboxylic acids is 1. The maximum absolute atomic E-state index is 12.2. The van der Waals surface area contributed by atoms with Crippen LogP contribution in [0, 0.1) is 12.8 Å². The molecule has 2 aromatic rings. The molecule has 0 aromatic heterocycles. The van der Waals surface area contributed by atoms with Gasteiger partial charge in [0.1, 0.15) is 0 Å². The van der Waals surface area contributed by atoms with Gasteiger partial charge in [-0.25, -0.2) is 0 Å². The van der Waals surface area contributed by atoms with Gasteiger partial charge in [0.05, 0.1) is 0 Å². The fourth-order valence-electron chi connectivity index (χ4n) is 2.63. The van der Waals surface area contributed by atoms with Crippen molar-refractivity contribution in [1.29, 1.82) is 0 Å². The highest BCUT2D eigenvalue weighted by molar-refractivity contribution is 6.01. The van der Waals surface area contributed by atoms with Gasteiger partial charge < -0.3 is 5.73 Å². The van der Waals surface area contributed by atoms with Crippen LogP contribution in [0.25, 0.3) is 10.8 Å². The Kier molecular flexibility index (Phi) is 2.67. The molecule has 0 unspecified atom stereocenters. The quantitative estimate of drug-likeness (QED) is 0.818. The van der Waals surface area contributed by atoms with Gasteiger partial charge in [-0.05, 0) is 36.6 Å². The number of hydrogen-bond donors (Lipinski definition) is 1. The molecule has 0 aliphatic heterocycles. The van der Waals surface area contributed by atoms with Crippen LogP contribution in [0.4, 0.5) is 0 Å². The molecule has 1 saturated carbocycles. The van der Waals surface area contributed by atoms with Gasteiger partial charge in [0.2, 0.25) is 0 Å². The second-order valence-corrected chi connectivity index (χ2v) is 5.36. The van der Waals surface area contributed by atoms with Crippen LogP contribution in [0.2, 0.25) is 0 Å². The highest BCUT2D eigenvalue weighted by Crippen LogP contribution is 2.30. The first-order chi connectivity index (χ1) is 8.63. The van der Waals surface area contributed by atoms with Gasteiger partial charge in [-0.1, -0.05) is 35.9 Å². The molecule has 0 heterocycles. The van der Waals surface area contributed by atoms with E-state index in [1.165, 1.54) is 10.9 Å². The Labute approximate surface area is 107 Å². The van der Waals surface area contributed by atoms with Crippen molar-refractivity contribution in [2.24, 2.45) is 11.7 Å². The molecule has 1 aliphatic carbocycles. The molecule has 2 aromatic carbocycles. The van der Waals surface area contributed by atoms with Crippen molar-refractivity contribution < 1.29 is 4.79 Å². The first-order valence-corrected chi connectivity index (χ1v) is 6.44. The van der Waals surface area contributed by atoms with E-state index >= 15 is 0 Å². The van der Waals surface area contributed by atoms with Crippen molar-refractivity contribution in [3.8, 4) is 0 Å². The Balaban J connectivity index is 1.93. The third-order valence-corrected chi connectivity index (χ3v) is 3.83. The molecule has 92 valence electrons. The van der Waals surface area contributed by atoms with Crippen molar-refractivity contribution in [3.63, 3.8) is 0 Å². The lowest BCUT2D eigenvalue weighted by Gasteiger charge is -2.31. The third kappa shape index (κ3) is 1.93. The maximum atomic E-state index is 12.2. The zero-order valence-electron chi connectivity index (χ0n) is 10.5. The minimum absolute atomic E-state index is 0.142. The van der Waals surface area contributed by atoms with Gasteiger partial charge in [0.15, 0.2) is 5.78 Å². The van der Waals surface area contributed by atoms with Gasteiger partial charge in [0.25, 0.3) is 0 Å². The lowest BCUT2D eigenvalue weighted by molar-refractivity contribution is 0.0833. The zero-order chi connectivity index (χ0) is 12.7. The van der Waals surface area contributed by atoms with Crippen LogP contribution < -0.4 is 5.73 Å². The van der Waals surface area contributed by atoms with Crippen LogP contribution in [0.1, 0.15) is 28.8 Å². The number of Topliss-reactive ketones (excluding diaryl/α,β-unsaturated/α-hetero) is 1. The Bertz CT molecular complexity index is 612. The molecule has 3 rings (SSSR count). The van der Waals surface area contributed by atoms with E-state index < -0.39 is 0 Å². The first kappa shape index (κ1) is 11.4. The number of hydrogen-bond acceptors (Lipinski definition) is 2. The Morgan fingerprint density at radius 1 is 1.11 bits per heavy atom. The minimum Gasteiger partial charge on any atom is -0.328 e. The number of carbonyl (C=O) groups is 1. The largest absolute Gasteiger partial charge is 0.328 e. The summed E-state index contributed by atoms with van der Waals surface area (Å²) in [4.78, 5) is 12.2. The van der Waals surface area contributed by atoms with Gasteiger partial charge in [-0.2, -0.15) is 0 Å². The van der Waals surface area contributed by atoms with Crippen LogP contribution in [-0.4, -0.2) is 11.8 Å². The van der Waals surface area contributed by atoms with E-state index in [0.29, 0.717) is 0 Å². The van der Waals surface area contributed by atoms with Crippen molar-refractivity contribution >= 4 is 16.6 Å². The second kappa shape index (κ2) is 4.21. The van der Waals surface area contributed by atoms with E-state index in [0.717, 1.165) is 23.8 Å². The third-order valence-electron chi connectivity index (χ3n) is 3.83.